The Bertz CT molecular complexity index is 2470. The van der Waals surface area contributed by atoms with Gasteiger partial charge in [0, 0.05) is 27.5 Å². The second-order valence-electron chi connectivity index (χ2n) is 11.4. The number of hydrogen-bond donors (Lipinski definition) is 1. The molecule has 0 amide bonds. The van der Waals surface area contributed by atoms with E-state index in [4.69, 9.17) is 14.4 Å². The van der Waals surface area contributed by atoms with Crippen LogP contribution in [0.3, 0.4) is 0 Å². The number of amidine groups is 2. The molecular weight excluding hydrogens is 550 g/mol. The summed E-state index contributed by atoms with van der Waals surface area (Å²) in [6.45, 7) is 0. The van der Waals surface area contributed by atoms with Gasteiger partial charge in [-0.25, -0.2) is 9.98 Å². The van der Waals surface area contributed by atoms with Crippen LogP contribution < -0.4 is 5.32 Å². The quantitative estimate of drug-likeness (QED) is 0.212. The Morgan fingerprint density at radius 1 is 0.467 bits per heavy atom. The maximum Gasteiger partial charge on any atom is 0.170 e. The van der Waals surface area contributed by atoms with Crippen LogP contribution in [-0.2, 0) is 0 Å². The average Bonchev–Trinajstić information content (AvgIpc) is 3.50. The van der Waals surface area contributed by atoms with Crippen molar-refractivity contribution in [3.63, 3.8) is 0 Å². The maximum atomic E-state index is 6.25. The van der Waals surface area contributed by atoms with Crippen LogP contribution >= 0.6 is 0 Å². The highest BCUT2D eigenvalue weighted by Crippen LogP contribution is 2.40. The van der Waals surface area contributed by atoms with E-state index >= 15 is 0 Å². The molecule has 0 fully saturated rings. The first-order valence-electron chi connectivity index (χ1n) is 15.2. The minimum Gasteiger partial charge on any atom is -0.456 e. The Morgan fingerprint density at radius 3 is 2.04 bits per heavy atom. The van der Waals surface area contributed by atoms with Gasteiger partial charge in [0.15, 0.2) is 6.17 Å². The van der Waals surface area contributed by atoms with Gasteiger partial charge < -0.3 is 9.73 Å². The van der Waals surface area contributed by atoms with Gasteiger partial charge in [0.2, 0.25) is 0 Å². The van der Waals surface area contributed by atoms with Crippen LogP contribution in [0.4, 0.5) is 0 Å². The number of benzene rings is 7. The third-order valence-corrected chi connectivity index (χ3v) is 8.74. The monoisotopic (exact) mass is 577 g/mol. The first-order chi connectivity index (χ1) is 22.3. The zero-order valence-corrected chi connectivity index (χ0v) is 24.3. The SMILES string of the molecule is c1ccc(C2=NC(c3ccccc3-c3cccc4oc5ccccc5c34)N=C(c3ccc4c(ccc5ccccc54)c3)N2)cc1. The first-order valence-corrected chi connectivity index (χ1v) is 15.2. The van der Waals surface area contributed by atoms with E-state index in [0.29, 0.717) is 0 Å². The molecule has 1 atom stereocenters. The molecule has 8 aromatic rings. The number of fused-ring (bicyclic) bond motifs is 6. The fourth-order valence-corrected chi connectivity index (χ4v) is 6.61. The second-order valence-corrected chi connectivity index (χ2v) is 11.4. The molecule has 45 heavy (non-hydrogen) atoms. The van der Waals surface area contributed by atoms with Gasteiger partial charge in [0.05, 0.1) is 0 Å². The van der Waals surface area contributed by atoms with Gasteiger partial charge in [0.25, 0.3) is 0 Å². The molecular formula is C41H27N3O. The lowest BCUT2D eigenvalue weighted by atomic mass is 9.94. The molecule has 4 heteroatoms. The van der Waals surface area contributed by atoms with Crippen LogP contribution in [0.15, 0.2) is 166 Å². The highest BCUT2D eigenvalue weighted by atomic mass is 16.3. The highest BCUT2D eigenvalue weighted by Gasteiger charge is 2.24. The molecule has 0 aliphatic carbocycles. The van der Waals surface area contributed by atoms with Gasteiger partial charge in [-0.15, -0.1) is 0 Å². The van der Waals surface area contributed by atoms with Crippen LogP contribution in [-0.4, -0.2) is 11.7 Å². The number of rotatable bonds is 4. The van der Waals surface area contributed by atoms with Gasteiger partial charge in [-0.2, -0.15) is 0 Å². The zero-order chi connectivity index (χ0) is 29.7. The number of nitrogens with zero attached hydrogens (tertiary/aromatic N) is 2. The van der Waals surface area contributed by atoms with Crippen molar-refractivity contribution in [2.24, 2.45) is 9.98 Å². The van der Waals surface area contributed by atoms with Crippen LogP contribution in [0.2, 0.25) is 0 Å². The van der Waals surface area contributed by atoms with E-state index in [2.05, 4.69) is 121 Å². The average molecular weight is 578 g/mol. The summed E-state index contributed by atoms with van der Waals surface area (Å²) in [7, 11) is 0. The van der Waals surface area contributed by atoms with Crippen molar-refractivity contribution < 1.29 is 4.42 Å². The predicted molar refractivity (Wildman–Crippen MR) is 186 cm³/mol. The summed E-state index contributed by atoms with van der Waals surface area (Å²) < 4.78 is 6.25. The minimum atomic E-state index is -0.451. The van der Waals surface area contributed by atoms with Crippen molar-refractivity contribution in [2.75, 3.05) is 0 Å². The largest absolute Gasteiger partial charge is 0.456 e. The summed E-state index contributed by atoms with van der Waals surface area (Å²) in [5, 5.41) is 10.7. The normalized spacial score (nSPS) is 14.9. The first kappa shape index (κ1) is 25.5. The fourth-order valence-electron chi connectivity index (χ4n) is 6.61. The standard InChI is InChI=1S/C41H27N3O/c1-2-12-27(13-3-1)39-42-40(29-23-24-31-28(25-29)22-21-26-11-4-5-14-30(26)31)44-41(43-39)34-16-7-6-15-32(34)33-18-10-20-37-38(33)35-17-8-9-19-36(35)45-37/h1-25,41H,(H,42,43,44). The van der Waals surface area contributed by atoms with E-state index in [-0.39, 0.29) is 0 Å². The smallest absolute Gasteiger partial charge is 0.170 e. The van der Waals surface area contributed by atoms with Crippen molar-refractivity contribution in [3.05, 3.63) is 168 Å². The van der Waals surface area contributed by atoms with E-state index in [1.807, 2.05) is 36.4 Å². The van der Waals surface area contributed by atoms with Crippen LogP contribution in [0.5, 0.6) is 0 Å². The lowest BCUT2D eigenvalue weighted by Crippen LogP contribution is -2.36. The van der Waals surface area contributed by atoms with Crippen LogP contribution in [0.25, 0.3) is 54.6 Å². The van der Waals surface area contributed by atoms with E-state index in [9.17, 15) is 0 Å². The Hall–Kier alpha value is -6.00. The molecule has 1 aliphatic heterocycles. The Kier molecular flexibility index (Phi) is 5.85. The van der Waals surface area contributed by atoms with Crippen LogP contribution in [0.1, 0.15) is 22.9 Å². The van der Waals surface area contributed by atoms with E-state index in [0.717, 1.165) is 61.4 Å². The molecule has 0 saturated carbocycles. The molecule has 1 unspecified atom stereocenters. The predicted octanol–water partition coefficient (Wildman–Crippen LogP) is 10.1. The lowest BCUT2D eigenvalue weighted by molar-refractivity contribution is 0.669. The van der Waals surface area contributed by atoms with Gasteiger partial charge in [0.1, 0.15) is 22.8 Å². The van der Waals surface area contributed by atoms with E-state index in [1.165, 1.54) is 21.5 Å². The summed E-state index contributed by atoms with van der Waals surface area (Å²) in [5.41, 5.74) is 7.02. The van der Waals surface area contributed by atoms with Gasteiger partial charge >= 0.3 is 0 Å². The third-order valence-electron chi connectivity index (χ3n) is 8.74. The number of aliphatic imine (C=N–C) groups is 2. The fraction of sp³-hybridized carbons (Fsp3) is 0.0244. The molecule has 212 valence electrons. The summed E-state index contributed by atoms with van der Waals surface area (Å²) >= 11 is 0. The van der Waals surface area contributed by atoms with Crippen molar-refractivity contribution in [1.82, 2.24) is 5.32 Å². The third kappa shape index (κ3) is 4.30. The van der Waals surface area contributed by atoms with Crippen molar-refractivity contribution in [2.45, 2.75) is 6.17 Å². The number of hydrogen-bond acceptors (Lipinski definition) is 4. The topological polar surface area (TPSA) is 49.9 Å². The Labute approximate surface area is 260 Å². The minimum absolute atomic E-state index is 0.451. The van der Waals surface area contributed by atoms with Crippen molar-refractivity contribution in [1.29, 1.82) is 0 Å². The highest BCUT2D eigenvalue weighted by molar-refractivity contribution is 6.18. The molecule has 1 aliphatic rings. The lowest BCUT2D eigenvalue weighted by Gasteiger charge is -2.24. The van der Waals surface area contributed by atoms with E-state index < -0.39 is 6.17 Å². The maximum absolute atomic E-state index is 6.25. The summed E-state index contributed by atoms with van der Waals surface area (Å²) in [6.07, 6.45) is -0.451. The molecule has 1 aromatic heterocycles. The number of nitrogens with one attached hydrogen (secondary N) is 1. The molecule has 7 aromatic carbocycles. The van der Waals surface area contributed by atoms with Crippen molar-refractivity contribution in [3.8, 4) is 11.1 Å². The van der Waals surface area contributed by atoms with Gasteiger partial charge in [-0.1, -0.05) is 133 Å². The molecule has 0 spiro atoms. The Morgan fingerprint density at radius 2 is 1.13 bits per heavy atom. The molecule has 4 nitrogen and oxygen atoms in total. The molecule has 0 saturated heterocycles. The van der Waals surface area contributed by atoms with Gasteiger partial charge in [-0.3, -0.25) is 0 Å². The van der Waals surface area contributed by atoms with Gasteiger partial charge in [-0.05, 0) is 50.9 Å². The van der Waals surface area contributed by atoms with E-state index in [1.54, 1.807) is 0 Å². The number of para-hydroxylation sites is 1. The molecule has 0 radical (unpaired) electrons. The number of furan rings is 1. The van der Waals surface area contributed by atoms with Crippen molar-refractivity contribution >= 4 is 55.2 Å². The summed E-state index contributed by atoms with van der Waals surface area (Å²) in [4.78, 5) is 10.5. The zero-order valence-electron chi connectivity index (χ0n) is 24.3. The second kappa shape index (κ2) is 10.3. The molecule has 9 rings (SSSR count). The molecule has 2 heterocycles. The Balaban J connectivity index is 1.23. The summed E-state index contributed by atoms with van der Waals surface area (Å²) in [6, 6.07) is 52.8. The summed E-state index contributed by atoms with van der Waals surface area (Å²) in [5.74, 6) is 1.59. The molecule has 1 N–H and O–H groups in total. The van der Waals surface area contributed by atoms with Crippen LogP contribution in [0, 0.1) is 0 Å². The molecule has 0 bridgehead atoms.